The molecule has 0 saturated carbocycles. The van der Waals surface area contributed by atoms with Gasteiger partial charge in [0, 0.05) is 22.7 Å². The molecule has 1 rings (SSSR count). The summed E-state index contributed by atoms with van der Waals surface area (Å²) in [6.45, 7) is 13.3. The van der Waals surface area contributed by atoms with Crippen LogP contribution in [0.1, 0.15) is 45.8 Å². The van der Waals surface area contributed by atoms with E-state index in [1.165, 1.54) is 0 Å². The molecule has 2 nitrogen and oxygen atoms in total. The molecule has 0 amide bonds. The topological polar surface area (TPSA) is 18.5 Å². The van der Waals surface area contributed by atoms with Gasteiger partial charge in [-0.1, -0.05) is 57.0 Å². The number of halogens is 2. The Balaban J connectivity index is 3.16. The van der Waals surface area contributed by atoms with Gasteiger partial charge in [-0.05, 0) is 36.7 Å². The fourth-order valence-corrected chi connectivity index (χ4v) is 4.17. The van der Waals surface area contributed by atoms with Crippen LogP contribution in [0.5, 0.6) is 0 Å². The first-order valence-corrected chi connectivity index (χ1v) is 11.4. The molecule has 0 aliphatic rings. The van der Waals surface area contributed by atoms with E-state index in [1.807, 2.05) is 18.2 Å². The van der Waals surface area contributed by atoms with Crippen LogP contribution in [0.4, 0.5) is 0 Å². The van der Waals surface area contributed by atoms with Gasteiger partial charge in [0.25, 0.3) is 0 Å². The van der Waals surface area contributed by atoms with Crippen LogP contribution >= 0.6 is 23.2 Å². The average Bonchev–Trinajstić information content (AvgIpc) is 2.39. The highest BCUT2D eigenvalue weighted by molar-refractivity contribution is 6.74. The van der Waals surface area contributed by atoms with Crippen molar-refractivity contribution in [2.24, 2.45) is 0 Å². The molecule has 126 valence electrons. The number of methoxy groups -OCH3 is 1. The van der Waals surface area contributed by atoms with E-state index in [-0.39, 0.29) is 17.2 Å². The molecule has 5 heteroatoms. The molecule has 2 atom stereocenters. The van der Waals surface area contributed by atoms with E-state index in [9.17, 15) is 0 Å². The van der Waals surface area contributed by atoms with Gasteiger partial charge in [0.05, 0.1) is 6.10 Å². The standard InChI is InChI=1S/C17H28Cl2O2Si/c1-8-14(21-22(6,7)17(2,3)4)16(20-5)15-12(18)10-9-11-13(15)19/h9-11,14,16H,8H2,1-7H3/t14?,16-/m0/s1. The van der Waals surface area contributed by atoms with Crippen molar-refractivity contribution in [3.05, 3.63) is 33.8 Å². The molecule has 1 unspecified atom stereocenters. The molecule has 0 saturated heterocycles. The molecule has 1 aromatic rings. The third kappa shape index (κ3) is 4.48. The van der Waals surface area contributed by atoms with Crippen LogP contribution in [0.2, 0.25) is 28.2 Å². The second-order valence-electron chi connectivity index (χ2n) is 7.12. The lowest BCUT2D eigenvalue weighted by Crippen LogP contribution is -2.45. The molecule has 0 spiro atoms. The summed E-state index contributed by atoms with van der Waals surface area (Å²) < 4.78 is 12.3. The molecule has 0 fully saturated rings. The minimum Gasteiger partial charge on any atom is -0.411 e. The maximum atomic E-state index is 6.57. The van der Waals surface area contributed by atoms with Gasteiger partial charge in [0.2, 0.25) is 0 Å². The SMILES string of the molecule is CCC(O[Si](C)(C)C(C)(C)C)[C@H](OC)c1c(Cl)cccc1Cl. The highest BCUT2D eigenvalue weighted by Gasteiger charge is 2.41. The predicted octanol–water partition coefficient (Wildman–Crippen LogP) is 6.48. The van der Waals surface area contributed by atoms with Crippen molar-refractivity contribution < 1.29 is 9.16 Å². The molecule has 0 aliphatic heterocycles. The van der Waals surface area contributed by atoms with E-state index in [4.69, 9.17) is 32.4 Å². The Bertz CT molecular complexity index is 478. The van der Waals surface area contributed by atoms with Crippen LogP contribution in [0.3, 0.4) is 0 Å². The van der Waals surface area contributed by atoms with Gasteiger partial charge in [-0.3, -0.25) is 0 Å². The average molecular weight is 363 g/mol. The molecule has 0 N–H and O–H groups in total. The summed E-state index contributed by atoms with van der Waals surface area (Å²) in [5, 5.41) is 1.39. The molecule has 1 aromatic carbocycles. The largest absolute Gasteiger partial charge is 0.411 e. The van der Waals surface area contributed by atoms with Crippen LogP contribution in [0.15, 0.2) is 18.2 Å². The smallest absolute Gasteiger partial charge is 0.192 e. The summed E-state index contributed by atoms with van der Waals surface area (Å²) in [7, 11) is -0.219. The Morgan fingerprint density at radius 3 is 2.00 bits per heavy atom. The van der Waals surface area contributed by atoms with Crippen molar-refractivity contribution in [2.45, 2.75) is 64.5 Å². The first-order chi connectivity index (χ1) is 10.0. The van der Waals surface area contributed by atoms with Crippen LogP contribution in [0, 0.1) is 0 Å². The molecule has 0 radical (unpaired) electrons. The molecule has 0 heterocycles. The summed E-state index contributed by atoms with van der Waals surface area (Å²) >= 11 is 12.7. The van der Waals surface area contributed by atoms with Crippen LogP contribution in [-0.2, 0) is 9.16 Å². The molecular weight excluding hydrogens is 335 g/mol. The van der Waals surface area contributed by atoms with Gasteiger partial charge in [-0.25, -0.2) is 0 Å². The summed E-state index contributed by atoms with van der Waals surface area (Å²) in [5.74, 6) is 0. The van der Waals surface area contributed by atoms with Crippen LogP contribution < -0.4 is 0 Å². The Kier molecular flexibility index (Phi) is 6.97. The van der Waals surface area contributed by atoms with Crippen molar-refractivity contribution in [2.75, 3.05) is 7.11 Å². The van der Waals surface area contributed by atoms with Crippen molar-refractivity contribution in [1.82, 2.24) is 0 Å². The zero-order chi connectivity index (χ0) is 17.1. The molecule has 22 heavy (non-hydrogen) atoms. The maximum Gasteiger partial charge on any atom is 0.192 e. The highest BCUT2D eigenvalue weighted by atomic mass is 35.5. The van der Waals surface area contributed by atoms with E-state index in [0.29, 0.717) is 10.0 Å². The van der Waals surface area contributed by atoms with Gasteiger partial charge in [-0.2, -0.15) is 0 Å². The first kappa shape index (κ1) is 20.0. The fraction of sp³-hybridized carbons (Fsp3) is 0.647. The van der Waals surface area contributed by atoms with Gasteiger partial charge in [-0.15, -0.1) is 0 Å². The number of hydrogen-bond acceptors (Lipinski definition) is 2. The zero-order valence-corrected chi connectivity index (χ0v) is 17.2. The van der Waals surface area contributed by atoms with Crippen LogP contribution in [0.25, 0.3) is 0 Å². The third-order valence-corrected chi connectivity index (χ3v) is 9.69. The fourth-order valence-electron chi connectivity index (χ4n) is 2.15. The molecule has 0 aromatic heterocycles. The van der Waals surface area contributed by atoms with Gasteiger partial charge >= 0.3 is 0 Å². The predicted molar refractivity (Wildman–Crippen MR) is 98.6 cm³/mol. The zero-order valence-electron chi connectivity index (χ0n) is 14.7. The Morgan fingerprint density at radius 1 is 1.14 bits per heavy atom. The molecular formula is C17H28Cl2O2Si. The van der Waals surface area contributed by atoms with E-state index < -0.39 is 8.32 Å². The summed E-state index contributed by atoms with van der Waals surface area (Å²) in [5.41, 5.74) is 0.818. The van der Waals surface area contributed by atoms with Crippen molar-refractivity contribution in [3.63, 3.8) is 0 Å². The summed E-state index contributed by atoms with van der Waals surface area (Å²) in [6, 6.07) is 5.53. The highest BCUT2D eigenvalue weighted by Crippen LogP contribution is 2.42. The lowest BCUT2D eigenvalue weighted by Gasteiger charge is -2.41. The lowest BCUT2D eigenvalue weighted by atomic mass is 10.0. The Labute approximate surface area is 146 Å². The minimum atomic E-state index is -1.90. The third-order valence-electron chi connectivity index (χ3n) is 4.53. The summed E-state index contributed by atoms with van der Waals surface area (Å²) in [6.07, 6.45) is 0.510. The first-order valence-electron chi connectivity index (χ1n) is 7.69. The van der Waals surface area contributed by atoms with Gasteiger partial charge in [0.1, 0.15) is 6.10 Å². The molecule has 0 bridgehead atoms. The van der Waals surface area contributed by atoms with Crippen molar-refractivity contribution in [3.8, 4) is 0 Å². The van der Waals surface area contributed by atoms with E-state index >= 15 is 0 Å². The number of hydrogen-bond donors (Lipinski definition) is 0. The monoisotopic (exact) mass is 362 g/mol. The van der Waals surface area contributed by atoms with E-state index in [2.05, 4.69) is 40.8 Å². The minimum absolute atomic E-state index is 0.0664. The maximum absolute atomic E-state index is 6.57. The number of benzene rings is 1. The second-order valence-corrected chi connectivity index (χ2v) is 12.7. The quantitative estimate of drug-likeness (QED) is 0.539. The van der Waals surface area contributed by atoms with Crippen molar-refractivity contribution in [1.29, 1.82) is 0 Å². The number of ether oxygens (including phenoxy) is 1. The Morgan fingerprint density at radius 2 is 1.64 bits per heavy atom. The number of rotatable bonds is 6. The normalized spacial score (nSPS) is 15.7. The van der Waals surface area contributed by atoms with E-state index in [1.54, 1.807) is 7.11 Å². The summed E-state index contributed by atoms with van der Waals surface area (Å²) in [4.78, 5) is 0. The molecule has 0 aliphatic carbocycles. The van der Waals surface area contributed by atoms with E-state index in [0.717, 1.165) is 12.0 Å². The van der Waals surface area contributed by atoms with Gasteiger partial charge < -0.3 is 9.16 Å². The van der Waals surface area contributed by atoms with Crippen LogP contribution in [-0.4, -0.2) is 21.5 Å². The van der Waals surface area contributed by atoms with Gasteiger partial charge in [0.15, 0.2) is 8.32 Å². The lowest BCUT2D eigenvalue weighted by molar-refractivity contribution is -0.00787. The Hall–Kier alpha value is -0.0631. The second kappa shape index (κ2) is 7.67. The van der Waals surface area contributed by atoms with Crippen molar-refractivity contribution >= 4 is 31.5 Å².